The Morgan fingerprint density at radius 3 is 2.57 bits per heavy atom. The quantitative estimate of drug-likeness (QED) is 0.819. The molecule has 0 aromatic carbocycles. The number of hydrogen-bond acceptors (Lipinski definition) is 3. The van der Waals surface area contributed by atoms with Crippen LogP contribution < -0.4 is 0 Å². The van der Waals surface area contributed by atoms with E-state index in [9.17, 15) is 10.2 Å². The number of methoxy groups -OCH3 is 1. The summed E-state index contributed by atoms with van der Waals surface area (Å²) in [5, 5.41) is 21.0. The van der Waals surface area contributed by atoms with E-state index >= 15 is 0 Å². The van der Waals surface area contributed by atoms with Gasteiger partial charge in [-0.15, -0.1) is 0 Å². The summed E-state index contributed by atoms with van der Waals surface area (Å²) in [4.78, 5) is 0. The highest BCUT2D eigenvalue weighted by molar-refractivity contribution is 5.10. The standard InChI is InChI=1S/C20H34O3/c1-19-9-8-17-15(16(19)5-6-18(19)22)4-3-13-11-14(23-2)7-10-20(13,17)12-21/h13-18,21-22H,3-12H2,1-2H3/t13?,14?,15-,16-,17+,18?,19-,20+/m0/s1. The Balaban J connectivity index is 1.62. The van der Waals surface area contributed by atoms with E-state index in [0.717, 1.165) is 38.0 Å². The van der Waals surface area contributed by atoms with Crippen molar-refractivity contribution in [3.05, 3.63) is 0 Å². The Morgan fingerprint density at radius 1 is 1.00 bits per heavy atom. The van der Waals surface area contributed by atoms with Gasteiger partial charge in [0, 0.05) is 13.7 Å². The molecule has 3 heteroatoms. The van der Waals surface area contributed by atoms with Crippen LogP contribution in [0.25, 0.3) is 0 Å². The van der Waals surface area contributed by atoms with Crippen molar-refractivity contribution in [3.63, 3.8) is 0 Å². The molecule has 132 valence electrons. The average Bonchev–Trinajstić information content (AvgIpc) is 2.89. The summed E-state index contributed by atoms with van der Waals surface area (Å²) in [6, 6.07) is 0. The zero-order valence-corrected chi connectivity index (χ0v) is 14.8. The van der Waals surface area contributed by atoms with Crippen LogP contribution in [0.1, 0.15) is 64.7 Å². The molecule has 0 radical (unpaired) electrons. The molecule has 4 rings (SSSR count). The second kappa shape index (κ2) is 5.71. The van der Waals surface area contributed by atoms with Gasteiger partial charge in [-0.2, -0.15) is 0 Å². The lowest BCUT2D eigenvalue weighted by Crippen LogP contribution is -2.57. The molecule has 0 aromatic heterocycles. The maximum Gasteiger partial charge on any atom is 0.0596 e. The minimum Gasteiger partial charge on any atom is -0.396 e. The van der Waals surface area contributed by atoms with Gasteiger partial charge in [-0.05, 0) is 92.3 Å². The smallest absolute Gasteiger partial charge is 0.0596 e. The van der Waals surface area contributed by atoms with Gasteiger partial charge in [-0.1, -0.05) is 6.92 Å². The van der Waals surface area contributed by atoms with Crippen LogP contribution in [-0.4, -0.2) is 36.1 Å². The maximum absolute atomic E-state index is 10.5. The second-order valence-electron chi connectivity index (χ2n) is 9.31. The first-order valence-electron chi connectivity index (χ1n) is 9.87. The summed E-state index contributed by atoms with van der Waals surface area (Å²) >= 11 is 0. The van der Waals surface area contributed by atoms with Crippen LogP contribution >= 0.6 is 0 Å². The van der Waals surface area contributed by atoms with Gasteiger partial charge in [0.1, 0.15) is 0 Å². The van der Waals surface area contributed by atoms with Crippen LogP contribution in [-0.2, 0) is 4.74 Å². The molecule has 0 amide bonds. The number of ether oxygens (including phenoxy) is 1. The summed E-state index contributed by atoms with van der Waals surface area (Å²) in [7, 11) is 1.84. The molecule has 8 atom stereocenters. The third kappa shape index (κ3) is 2.19. The lowest BCUT2D eigenvalue weighted by atomic mass is 9.44. The molecule has 0 saturated heterocycles. The predicted molar refractivity (Wildman–Crippen MR) is 89.9 cm³/mol. The monoisotopic (exact) mass is 322 g/mol. The van der Waals surface area contributed by atoms with Crippen molar-refractivity contribution in [1.29, 1.82) is 0 Å². The first-order valence-corrected chi connectivity index (χ1v) is 9.87. The van der Waals surface area contributed by atoms with Crippen molar-refractivity contribution in [2.75, 3.05) is 13.7 Å². The van der Waals surface area contributed by atoms with Crippen molar-refractivity contribution in [1.82, 2.24) is 0 Å². The van der Waals surface area contributed by atoms with Gasteiger partial charge in [-0.25, -0.2) is 0 Å². The van der Waals surface area contributed by atoms with E-state index in [4.69, 9.17) is 4.74 Å². The van der Waals surface area contributed by atoms with Crippen molar-refractivity contribution in [2.24, 2.45) is 34.5 Å². The number of aliphatic hydroxyl groups excluding tert-OH is 2. The predicted octanol–water partition coefficient (Wildman–Crippen LogP) is 3.38. The molecule has 0 aromatic rings. The Bertz CT molecular complexity index is 452. The SMILES string of the molecule is COC1CC[C@@]2(CO)C(CC[C@@H]3[C@H]2CC[C@]2(C)C(O)CC[C@@H]32)C1. The van der Waals surface area contributed by atoms with Crippen molar-refractivity contribution in [2.45, 2.75) is 76.9 Å². The number of hydrogen-bond donors (Lipinski definition) is 2. The first-order chi connectivity index (χ1) is 11.0. The highest BCUT2D eigenvalue weighted by Gasteiger charge is 2.61. The van der Waals surface area contributed by atoms with Gasteiger partial charge in [0.25, 0.3) is 0 Å². The van der Waals surface area contributed by atoms with Crippen LogP contribution in [0, 0.1) is 34.5 Å². The Morgan fingerprint density at radius 2 is 1.83 bits per heavy atom. The van der Waals surface area contributed by atoms with Gasteiger partial charge >= 0.3 is 0 Å². The van der Waals surface area contributed by atoms with Crippen molar-refractivity contribution < 1.29 is 14.9 Å². The highest BCUT2D eigenvalue weighted by Crippen LogP contribution is 2.66. The number of fused-ring (bicyclic) bond motifs is 5. The topological polar surface area (TPSA) is 49.7 Å². The lowest BCUT2D eigenvalue weighted by Gasteiger charge is -2.61. The fraction of sp³-hybridized carbons (Fsp3) is 1.00. The fourth-order valence-corrected chi connectivity index (χ4v) is 7.51. The Hall–Kier alpha value is -0.120. The van der Waals surface area contributed by atoms with Crippen LogP contribution in [0.2, 0.25) is 0 Å². The van der Waals surface area contributed by atoms with Gasteiger partial charge in [0.15, 0.2) is 0 Å². The van der Waals surface area contributed by atoms with E-state index < -0.39 is 0 Å². The van der Waals surface area contributed by atoms with E-state index in [1.807, 2.05) is 7.11 Å². The number of rotatable bonds is 2. The van der Waals surface area contributed by atoms with E-state index in [2.05, 4.69) is 6.92 Å². The van der Waals surface area contributed by atoms with Gasteiger partial charge in [0.05, 0.1) is 12.2 Å². The summed E-state index contributed by atoms with van der Waals surface area (Å²) < 4.78 is 5.65. The molecule has 0 heterocycles. The molecular formula is C20H34O3. The molecule has 0 aliphatic heterocycles. The molecule has 3 unspecified atom stereocenters. The molecule has 23 heavy (non-hydrogen) atoms. The van der Waals surface area contributed by atoms with Crippen LogP contribution in [0.4, 0.5) is 0 Å². The third-order valence-corrected chi connectivity index (χ3v) is 8.89. The third-order valence-electron chi connectivity index (χ3n) is 8.89. The van der Waals surface area contributed by atoms with Crippen LogP contribution in [0.15, 0.2) is 0 Å². The molecule has 0 bridgehead atoms. The van der Waals surface area contributed by atoms with E-state index in [0.29, 0.717) is 30.5 Å². The van der Waals surface area contributed by atoms with Crippen LogP contribution in [0.3, 0.4) is 0 Å². The molecule has 3 nitrogen and oxygen atoms in total. The van der Waals surface area contributed by atoms with Crippen molar-refractivity contribution in [3.8, 4) is 0 Å². The molecule has 4 aliphatic rings. The largest absolute Gasteiger partial charge is 0.396 e. The lowest BCUT2D eigenvalue weighted by molar-refractivity contribution is -0.160. The van der Waals surface area contributed by atoms with E-state index in [-0.39, 0.29) is 16.9 Å². The first kappa shape index (κ1) is 16.4. The fourth-order valence-electron chi connectivity index (χ4n) is 7.51. The zero-order chi connectivity index (χ0) is 16.2. The minimum absolute atomic E-state index is 0.0968. The van der Waals surface area contributed by atoms with E-state index in [1.165, 1.54) is 25.7 Å². The second-order valence-corrected chi connectivity index (χ2v) is 9.31. The molecular weight excluding hydrogens is 288 g/mol. The molecule has 2 N–H and O–H groups in total. The normalized spacial score (nSPS) is 55.8. The Labute approximate surface area is 140 Å². The zero-order valence-electron chi connectivity index (χ0n) is 14.8. The molecule has 4 aliphatic carbocycles. The molecule has 0 spiro atoms. The van der Waals surface area contributed by atoms with Crippen molar-refractivity contribution >= 4 is 0 Å². The summed E-state index contributed by atoms with van der Waals surface area (Å²) in [6.45, 7) is 2.70. The molecule has 4 saturated carbocycles. The Kier molecular flexibility index (Phi) is 4.06. The van der Waals surface area contributed by atoms with Crippen LogP contribution in [0.5, 0.6) is 0 Å². The maximum atomic E-state index is 10.5. The molecule has 4 fully saturated rings. The van der Waals surface area contributed by atoms with Gasteiger partial charge in [-0.3, -0.25) is 0 Å². The van der Waals surface area contributed by atoms with E-state index in [1.54, 1.807) is 0 Å². The summed E-state index contributed by atoms with van der Waals surface area (Å²) in [5.74, 6) is 2.73. The van der Waals surface area contributed by atoms with Gasteiger partial charge < -0.3 is 14.9 Å². The summed E-state index contributed by atoms with van der Waals surface area (Å²) in [6.07, 6.45) is 10.8. The van der Waals surface area contributed by atoms with Gasteiger partial charge in [0.2, 0.25) is 0 Å². The highest BCUT2D eigenvalue weighted by atomic mass is 16.5. The average molecular weight is 322 g/mol. The number of aliphatic hydroxyl groups is 2. The summed E-state index contributed by atoms with van der Waals surface area (Å²) in [5.41, 5.74) is 0.293. The minimum atomic E-state index is -0.0968.